The van der Waals surface area contributed by atoms with Gasteiger partial charge in [-0.2, -0.15) is 0 Å². The number of ether oxygens (including phenoxy) is 3. The van der Waals surface area contributed by atoms with Gasteiger partial charge in [0.2, 0.25) is 5.88 Å². The molecular weight excluding hydrogens is 320 g/mol. The van der Waals surface area contributed by atoms with E-state index in [-0.39, 0.29) is 6.10 Å². The summed E-state index contributed by atoms with van der Waals surface area (Å²) in [5.74, 6) is 1.43. The highest BCUT2D eigenvalue weighted by molar-refractivity contribution is 5.79. The van der Waals surface area contributed by atoms with Crippen molar-refractivity contribution in [2.24, 2.45) is 4.99 Å². The Kier molecular flexibility index (Phi) is 11.4. The molecule has 7 nitrogen and oxygen atoms in total. The van der Waals surface area contributed by atoms with E-state index < -0.39 is 0 Å². The fraction of sp³-hybridized carbons (Fsp3) is 0.667. The van der Waals surface area contributed by atoms with E-state index in [1.165, 1.54) is 0 Å². The molecule has 0 saturated heterocycles. The zero-order valence-corrected chi connectivity index (χ0v) is 15.9. The number of aromatic nitrogens is 1. The van der Waals surface area contributed by atoms with E-state index in [2.05, 4.69) is 20.6 Å². The molecule has 1 heterocycles. The van der Waals surface area contributed by atoms with Crippen LogP contribution in [0.1, 0.15) is 32.8 Å². The van der Waals surface area contributed by atoms with Crippen LogP contribution in [0, 0.1) is 0 Å². The number of hydrogen-bond acceptors (Lipinski definition) is 5. The van der Waals surface area contributed by atoms with Gasteiger partial charge in [0.15, 0.2) is 5.96 Å². The first-order valence-corrected chi connectivity index (χ1v) is 8.86. The van der Waals surface area contributed by atoms with Crippen molar-refractivity contribution in [1.82, 2.24) is 15.6 Å². The van der Waals surface area contributed by atoms with Crippen LogP contribution in [-0.2, 0) is 16.0 Å². The molecular formula is C18H32N4O3. The topological polar surface area (TPSA) is 77.0 Å². The number of nitrogens with one attached hydrogen (secondary N) is 2. The van der Waals surface area contributed by atoms with Gasteiger partial charge in [0.1, 0.15) is 0 Å². The quantitative estimate of drug-likeness (QED) is 0.340. The second-order valence-electron chi connectivity index (χ2n) is 5.75. The van der Waals surface area contributed by atoms with E-state index in [0.717, 1.165) is 31.0 Å². The number of methoxy groups -OCH3 is 1. The summed E-state index contributed by atoms with van der Waals surface area (Å²) in [7, 11) is 1.67. The van der Waals surface area contributed by atoms with E-state index in [0.29, 0.717) is 32.2 Å². The third kappa shape index (κ3) is 10.6. The van der Waals surface area contributed by atoms with Crippen molar-refractivity contribution in [1.29, 1.82) is 0 Å². The summed E-state index contributed by atoms with van der Waals surface area (Å²) in [5, 5.41) is 6.54. The molecule has 1 rings (SSSR count). The predicted octanol–water partition coefficient (Wildman–Crippen LogP) is 1.98. The number of hydrogen-bond donors (Lipinski definition) is 2. The van der Waals surface area contributed by atoms with Crippen LogP contribution in [0.3, 0.4) is 0 Å². The third-order valence-electron chi connectivity index (χ3n) is 3.11. The maximum Gasteiger partial charge on any atom is 0.213 e. The van der Waals surface area contributed by atoms with Gasteiger partial charge in [0.05, 0.1) is 25.9 Å². The van der Waals surface area contributed by atoms with Crippen LogP contribution in [0.25, 0.3) is 0 Å². The van der Waals surface area contributed by atoms with Crippen molar-refractivity contribution in [2.45, 2.75) is 39.8 Å². The lowest BCUT2D eigenvalue weighted by Gasteiger charge is -2.12. The Balaban J connectivity index is 2.36. The average molecular weight is 352 g/mol. The largest absolute Gasteiger partial charge is 0.475 e. The number of nitrogens with zero attached hydrogens (tertiary/aromatic N) is 2. The van der Waals surface area contributed by atoms with Gasteiger partial charge in [-0.15, -0.1) is 0 Å². The van der Waals surface area contributed by atoms with Gasteiger partial charge in [0, 0.05) is 39.1 Å². The fourth-order valence-electron chi connectivity index (χ4n) is 1.95. The molecule has 25 heavy (non-hydrogen) atoms. The molecule has 0 aliphatic carbocycles. The molecule has 2 N–H and O–H groups in total. The molecule has 7 heteroatoms. The molecule has 0 aliphatic rings. The van der Waals surface area contributed by atoms with Crippen LogP contribution >= 0.6 is 0 Å². The SMILES string of the molecule is CCNC(=NCc1ccc(OC(C)C)nc1)NCCCOCCOC. The Morgan fingerprint density at radius 1 is 1.20 bits per heavy atom. The highest BCUT2D eigenvalue weighted by Crippen LogP contribution is 2.10. The second kappa shape index (κ2) is 13.4. The lowest BCUT2D eigenvalue weighted by molar-refractivity contribution is 0.0698. The number of guanidine groups is 1. The highest BCUT2D eigenvalue weighted by atomic mass is 16.5. The lowest BCUT2D eigenvalue weighted by atomic mass is 10.3. The molecule has 1 aromatic heterocycles. The molecule has 0 spiro atoms. The summed E-state index contributed by atoms with van der Waals surface area (Å²) in [6.07, 6.45) is 2.84. The van der Waals surface area contributed by atoms with Crippen LogP contribution in [0.15, 0.2) is 23.3 Å². The Bertz CT molecular complexity index is 478. The average Bonchev–Trinajstić information content (AvgIpc) is 2.59. The van der Waals surface area contributed by atoms with Crippen LogP contribution in [0.2, 0.25) is 0 Å². The fourth-order valence-corrected chi connectivity index (χ4v) is 1.95. The third-order valence-corrected chi connectivity index (χ3v) is 3.11. The van der Waals surface area contributed by atoms with Crippen molar-refractivity contribution in [3.8, 4) is 5.88 Å². The summed E-state index contributed by atoms with van der Waals surface area (Å²) in [6.45, 7) is 10.2. The minimum Gasteiger partial charge on any atom is -0.475 e. The number of pyridine rings is 1. The summed E-state index contributed by atoms with van der Waals surface area (Å²) >= 11 is 0. The zero-order valence-electron chi connectivity index (χ0n) is 15.9. The van der Waals surface area contributed by atoms with E-state index in [4.69, 9.17) is 14.2 Å². The number of rotatable bonds is 12. The normalized spacial score (nSPS) is 11.6. The summed E-state index contributed by atoms with van der Waals surface area (Å²) in [4.78, 5) is 8.87. The van der Waals surface area contributed by atoms with E-state index in [1.54, 1.807) is 13.3 Å². The van der Waals surface area contributed by atoms with Crippen LogP contribution in [0.4, 0.5) is 0 Å². The molecule has 1 aromatic rings. The molecule has 0 aromatic carbocycles. The molecule has 0 saturated carbocycles. The van der Waals surface area contributed by atoms with Gasteiger partial charge in [0.25, 0.3) is 0 Å². The highest BCUT2D eigenvalue weighted by Gasteiger charge is 2.01. The Labute approximate surface area is 151 Å². The molecule has 0 atom stereocenters. The van der Waals surface area contributed by atoms with Crippen LogP contribution in [-0.4, -0.2) is 57.1 Å². The summed E-state index contributed by atoms with van der Waals surface area (Å²) in [5.41, 5.74) is 1.04. The van der Waals surface area contributed by atoms with Crippen molar-refractivity contribution in [3.05, 3.63) is 23.9 Å². The molecule has 0 amide bonds. The van der Waals surface area contributed by atoms with Gasteiger partial charge in [-0.3, -0.25) is 0 Å². The van der Waals surface area contributed by atoms with Crippen molar-refractivity contribution in [2.75, 3.05) is 40.0 Å². The molecule has 0 bridgehead atoms. The maximum atomic E-state index is 5.54. The van der Waals surface area contributed by atoms with Crippen molar-refractivity contribution < 1.29 is 14.2 Å². The smallest absolute Gasteiger partial charge is 0.213 e. The molecule has 142 valence electrons. The Morgan fingerprint density at radius 2 is 2.04 bits per heavy atom. The lowest BCUT2D eigenvalue weighted by Crippen LogP contribution is -2.38. The first kappa shape index (κ1) is 21.2. The zero-order chi connectivity index (χ0) is 18.3. The first-order chi connectivity index (χ1) is 12.2. The molecule has 0 aliphatic heterocycles. The van der Waals surface area contributed by atoms with Gasteiger partial charge in [-0.25, -0.2) is 9.98 Å². The van der Waals surface area contributed by atoms with E-state index in [9.17, 15) is 0 Å². The minimum absolute atomic E-state index is 0.124. The van der Waals surface area contributed by atoms with Gasteiger partial charge in [-0.05, 0) is 32.8 Å². The monoisotopic (exact) mass is 352 g/mol. The van der Waals surface area contributed by atoms with E-state index in [1.807, 2.05) is 32.9 Å². The first-order valence-electron chi connectivity index (χ1n) is 8.86. The molecule has 0 fully saturated rings. The second-order valence-corrected chi connectivity index (χ2v) is 5.75. The van der Waals surface area contributed by atoms with Crippen molar-refractivity contribution >= 4 is 5.96 Å². The van der Waals surface area contributed by atoms with Gasteiger partial charge in [-0.1, -0.05) is 6.07 Å². The van der Waals surface area contributed by atoms with Gasteiger partial charge < -0.3 is 24.8 Å². The Hall–Kier alpha value is -1.86. The van der Waals surface area contributed by atoms with Crippen molar-refractivity contribution in [3.63, 3.8) is 0 Å². The van der Waals surface area contributed by atoms with Crippen LogP contribution in [0.5, 0.6) is 5.88 Å². The Morgan fingerprint density at radius 3 is 2.68 bits per heavy atom. The van der Waals surface area contributed by atoms with Crippen LogP contribution < -0.4 is 15.4 Å². The van der Waals surface area contributed by atoms with E-state index >= 15 is 0 Å². The molecule has 0 unspecified atom stereocenters. The summed E-state index contributed by atoms with van der Waals surface area (Å²) in [6, 6.07) is 3.87. The minimum atomic E-state index is 0.124. The molecule has 0 radical (unpaired) electrons. The standard InChI is InChI=1S/C18H32N4O3/c1-5-19-18(20-9-6-10-24-12-11-23-4)22-14-16-7-8-17(21-13-16)25-15(2)3/h7-8,13,15H,5-6,9-12,14H2,1-4H3,(H2,19,20,22). The number of aliphatic imine (C=N–C) groups is 1. The van der Waals surface area contributed by atoms with Gasteiger partial charge >= 0.3 is 0 Å². The summed E-state index contributed by atoms with van der Waals surface area (Å²) < 4.78 is 15.9. The predicted molar refractivity (Wildman–Crippen MR) is 100 cm³/mol. The maximum absolute atomic E-state index is 5.54.